The summed E-state index contributed by atoms with van der Waals surface area (Å²) in [5, 5.41) is 11.5. The lowest BCUT2D eigenvalue weighted by molar-refractivity contribution is 0.628. The molecule has 0 radical (unpaired) electrons. The van der Waals surface area contributed by atoms with Crippen LogP contribution < -0.4 is 5.73 Å². The van der Waals surface area contributed by atoms with Crippen LogP contribution in [0.3, 0.4) is 0 Å². The third-order valence-corrected chi connectivity index (χ3v) is 2.03. The number of hydrogen-bond acceptors (Lipinski definition) is 5. The van der Waals surface area contributed by atoms with E-state index in [4.69, 9.17) is 5.73 Å². The molecule has 5 nitrogen and oxygen atoms in total. The van der Waals surface area contributed by atoms with Gasteiger partial charge in [-0.05, 0) is 5.21 Å². The highest BCUT2D eigenvalue weighted by atomic mass is 32.2. The quantitative estimate of drug-likeness (QED) is 0.616. The summed E-state index contributed by atoms with van der Waals surface area (Å²) in [5.41, 5.74) is 5.32. The van der Waals surface area contributed by atoms with E-state index in [9.17, 15) is 0 Å². The molecule has 0 amide bonds. The minimum absolute atomic E-state index is 0.699. The van der Waals surface area contributed by atoms with Crippen molar-refractivity contribution in [2.75, 3.05) is 12.3 Å². The van der Waals surface area contributed by atoms with Gasteiger partial charge in [-0.2, -0.15) is 16.6 Å². The molecule has 0 saturated carbocycles. The Bertz CT molecular complexity index is 210. The molecule has 0 atom stereocenters. The molecule has 0 aliphatic heterocycles. The van der Waals surface area contributed by atoms with Crippen molar-refractivity contribution < 1.29 is 0 Å². The van der Waals surface area contributed by atoms with Gasteiger partial charge in [-0.25, -0.2) is 0 Å². The smallest absolute Gasteiger partial charge is 0.184 e. The fraction of sp³-hybridized carbons (Fsp3) is 0.800. The molecule has 1 aromatic rings. The van der Waals surface area contributed by atoms with Crippen LogP contribution in [0.1, 0.15) is 5.82 Å². The van der Waals surface area contributed by atoms with Crippen LogP contribution in [0.4, 0.5) is 0 Å². The van der Waals surface area contributed by atoms with Crippen LogP contribution in [-0.4, -0.2) is 32.5 Å². The topological polar surface area (TPSA) is 69.6 Å². The van der Waals surface area contributed by atoms with Gasteiger partial charge >= 0.3 is 0 Å². The van der Waals surface area contributed by atoms with Crippen LogP contribution in [0, 0.1) is 0 Å². The Morgan fingerprint density at radius 3 is 3.00 bits per heavy atom. The number of rotatable bonds is 4. The van der Waals surface area contributed by atoms with Crippen molar-refractivity contribution in [3.63, 3.8) is 0 Å². The van der Waals surface area contributed by atoms with E-state index in [1.54, 1.807) is 18.8 Å². The maximum absolute atomic E-state index is 5.32. The SMILES string of the molecule is Cn1nnc(CSCCN)n1. The van der Waals surface area contributed by atoms with Crippen molar-refractivity contribution >= 4 is 11.8 Å². The van der Waals surface area contributed by atoms with E-state index in [-0.39, 0.29) is 0 Å². The summed E-state index contributed by atoms with van der Waals surface area (Å²) >= 11 is 1.72. The Kier molecular flexibility index (Phi) is 3.31. The zero-order valence-corrected chi connectivity index (χ0v) is 7.21. The van der Waals surface area contributed by atoms with E-state index >= 15 is 0 Å². The molecule has 11 heavy (non-hydrogen) atoms. The van der Waals surface area contributed by atoms with Crippen LogP contribution in [0.15, 0.2) is 0 Å². The molecule has 1 heterocycles. The molecule has 0 fully saturated rings. The third-order valence-electron chi connectivity index (χ3n) is 1.04. The number of nitrogens with zero attached hydrogens (tertiary/aromatic N) is 4. The minimum atomic E-state index is 0.699. The van der Waals surface area contributed by atoms with Crippen LogP contribution in [0.25, 0.3) is 0 Å². The first-order valence-corrected chi connectivity index (χ1v) is 4.49. The van der Waals surface area contributed by atoms with E-state index in [0.717, 1.165) is 17.3 Å². The van der Waals surface area contributed by atoms with Gasteiger partial charge in [0.2, 0.25) is 0 Å². The summed E-state index contributed by atoms with van der Waals surface area (Å²) in [6.45, 7) is 0.699. The lowest BCUT2D eigenvalue weighted by atomic mass is 10.7. The zero-order valence-electron chi connectivity index (χ0n) is 6.40. The number of thioether (sulfide) groups is 1. The summed E-state index contributed by atoms with van der Waals surface area (Å²) in [5.74, 6) is 2.51. The van der Waals surface area contributed by atoms with Crippen molar-refractivity contribution in [2.45, 2.75) is 5.75 Å². The lowest BCUT2D eigenvalue weighted by Crippen LogP contribution is -2.01. The van der Waals surface area contributed by atoms with Crippen molar-refractivity contribution in [1.82, 2.24) is 20.2 Å². The highest BCUT2D eigenvalue weighted by Crippen LogP contribution is 2.04. The molecular weight excluding hydrogens is 162 g/mol. The standard InChI is InChI=1S/C5H11N5S/c1-10-8-5(7-9-10)4-11-3-2-6/h2-4,6H2,1H3. The highest BCUT2D eigenvalue weighted by molar-refractivity contribution is 7.98. The molecule has 0 aliphatic rings. The summed E-state index contributed by atoms with van der Waals surface area (Å²) in [6.07, 6.45) is 0. The Hall–Kier alpha value is -0.620. The fourth-order valence-electron chi connectivity index (χ4n) is 0.628. The molecule has 62 valence electrons. The van der Waals surface area contributed by atoms with Crippen molar-refractivity contribution in [3.05, 3.63) is 5.82 Å². The van der Waals surface area contributed by atoms with Crippen molar-refractivity contribution in [3.8, 4) is 0 Å². The molecule has 0 aliphatic carbocycles. The summed E-state index contributed by atoms with van der Waals surface area (Å²) in [6, 6.07) is 0. The number of hydrogen-bond donors (Lipinski definition) is 1. The second-order valence-corrected chi connectivity index (χ2v) is 3.14. The van der Waals surface area contributed by atoms with Gasteiger partial charge in [-0.3, -0.25) is 0 Å². The number of tetrazole rings is 1. The molecule has 2 N–H and O–H groups in total. The number of aryl methyl sites for hydroxylation is 1. The van der Waals surface area contributed by atoms with Gasteiger partial charge in [-0.15, -0.1) is 10.2 Å². The van der Waals surface area contributed by atoms with Gasteiger partial charge in [0, 0.05) is 12.3 Å². The minimum Gasteiger partial charge on any atom is -0.330 e. The summed E-state index contributed by atoms with van der Waals surface area (Å²) < 4.78 is 0. The molecular formula is C5H11N5S. The number of aromatic nitrogens is 4. The first-order chi connectivity index (χ1) is 5.33. The first kappa shape index (κ1) is 8.48. The largest absolute Gasteiger partial charge is 0.330 e. The van der Waals surface area contributed by atoms with Gasteiger partial charge in [0.15, 0.2) is 5.82 Å². The Balaban J connectivity index is 2.27. The zero-order chi connectivity index (χ0) is 8.10. The van der Waals surface area contributed by atoms with Gasteiger partial charge < -0.3 is 5.73 Å². The Morgan fingerprint density at radius 2 is 2.45 bits per heavy atom. The van der Waals surface area contributed by atoms with Crippen LogP contribution >= 0.6 is 11.8 Å². The fourth-order valence-corrected chi connectivity index (χ4v) is 1.24. The van der Waals surface area contributed by atoms with E-state index in [0.29, 0.717) is 6.54 Å². The van der Waals surface area contributed by atoms with E-state index in [1.165, 1.54) is 4.80 Å². The molecule has 0 aromatic carbocycles. The maximum atomic E-state index is 5.32. The van der Waals surface area contributed by atoms with Gasteiger partial charge in [0.05, 0.1) is 12.8 Å². The second kappa shape index (κ2) is 4.30. The molecule has 0 bridgehead atoms. The van der Waals surface area contributed by atoms with Crippen molar-refractivity contribution in [1.29, 1.82) is 0 Å². The molecule has 0 spiro atoms. The Morgan fingerprint density at radius 1 is 1.64 bits per heavy atom. The van der Waals surface area contributed by atoms with Gasteiger partial charge in [-0.1, -0.05) is 0 Å². The predicted molar refractivity (Wildman–Crippen MR) is 44.0 cm³/mol. The predicted octanol–water partition coefficient (Wildman–Crippen LogP) is -0.598. The summed E-state index contributed by atoms with van der Waals surface area (Å²) in [7, 11) is 1.75. The van der Waals surface area contributed by atoms with Crippen LogP contribution in [-0.2, 0) is 12.8 Å². The first-order valence-electron chi connectivity index (χ1n) is 3.33. The van der Waals surface area contributed by atoms with Gasteiger partial charge in [0.1, 0.15) is 0 Å². The van der Waals surface area contributed by atoms with E-state index in [2.05, 4.69) is 15.4 Å². The Labute approximate surface area is 69.3 Å². The number of nitrogens with two attached hydrogens (primary N) is 1. The molecule has 1 aromatic heterocycles. The maximum Gasteiger partial charge on any atom is 0.184 e. The molecule has 0 saturated heterocycles. The van der Waals surface area contributed by atoms with Gasteiger partial charge in [0.25, 0.3) is 0 Å². The van der Waals surface area contributed by atoms with E-state index in [1.807, 2.05) is 0 Å². The molecule has 1 rings (SSSR count). The molecule has 0 unspecified atom stereocenters. The van der Waals surface area contributed by atoms with Crippen LogP contribution in [0.5, 0.6) is 0 Å². The average molecular weight is 173 g/mol. The summed E-state index contributed by atoms with van der Waals surface area (Å²) in [4.78, 5) is 1.46. The third kappa shape index (κ3) is 2.85. The second-order valence-electron chi connectivity index (χ2n) is 2.04. The highest BCUT2D eigenvalue weighted by Gasteiger charge is 1.98. The monoisotopic (exact) mass is 173 g/mol. The van der Waals surface area contributed by atoms with E-state index < -0.39 is 0 Å². The normalized spacial score (nSPS) is 10.4. The molecule has 6 heteroatoms. The van der Waals surface area contributed by atoms with Crippen LogP contribution in [0.2, 0.25) is 0 Å². The average Bonchev–Trinajstić information content (AvgIpc) is 2.37. The lowest BCUT2D eigenvalue weighted by Gasteiger charge is -1.91. The van der Waals surface area contributed by atoms with Crippen molar-refractivity contribution in [2.24, 2.45) is 12.8 Å².